The Bertz CT molecular complexity index is 498. The lowest BCUT2D eigenvalue weighted by Crippen LogP contribution is -2.38. The molecule has 1 saturated heterocycles. The smallest absolute Gasteiger partial charge is 0.244 e. The van der Waals surface area contributed by atoms with Crippen molar-refractivity contribution in [1.29, 1.82) is 0 Å². The van der Waals surface area contributed by atoms with Gasteiger partial charge in [-0.05, 0) is 41.0 Å². The number of rotatable bonds is 3. The fraction of sp³-hybridized carbons (Fsp3) is 0.455. The summed E-state index contributed by atoms with van der Waals surface area (Å²) >= 11 is 3.29. The number of halogens is 1. The van der Waals surface area contributed by atoms with Gasteiger partial charge < -0.3 is 5.32 Å². The Kier molecular flexibility index (Phi) is 3.87. The minimum atomic E-state index is -3.41. The molecule has 0 bridgehead atoms. The van der Waals surface area contributed by atoms with E-state index in [1.54, 1.807) is 31.3 Å². The van der Waals surface area contributed by atoms with Gasteiger partial charge in [-0.2, -0.15) is 4.31 Å². The van der Waals surface area contributed by atoms with Gasteiger partial charge in [-0.3, -0.25) is 0 Å². The molecule has 94 valence electrons. The van der Waals surface area contributed by atoms with Gasteiger partial charge in [0.15, 0.2) is 0 Å². The number of nitrogens with one attached hydrogen (secondary N) is 1. The molecular formula is C11H15BrN2O2S. The highest BCUT2D eigenvalue weighted by atomic mass is 79.9. The van der Waals surface area contributed by atoms with Crippen molar-refractivity contribution in [2.24, 2.45) is 0 Å². The SMILES string of the molecule is CN([C@H]1CCNC1)S(=O)(=O)c1ccccc1Br. The zero-order valence-corrected chi connectivity index (χ0v) is 12.0. The van der Waals surface area contributed by atoms with Crippen LogP contribution in [0.5, 0.6) is 0 Å². The molecule has 0 amide bonds. The Morgan fingerprint density at radius 1 is 1.41 bits per heavy atom. The first kappa shape index (κ1) is 13.0. The fourth-order valence-corrected chi connectivity index (χ4v) is 4.30. The van der Waals surface area contributed by atoms with Crippen LogP contribution >= 0.6 is 15.9 Å². The van der Waals surface area contributed by atoms with Gasteiger partial charge in [0.1, 0.15) is 0 Å². The fourth-order valence-electron chi connectivity index (χ4n) is 1.96. The third-order valence-electron chi connectivity index (χ3n) is 3.04. The third-order valence-corrected chi connectivity index (χ3v) is 5.96. The standard InChI is InChI=1S/C11H15BrN2O2S/c1-14(9-6-7-13-8-9)17(15,16)11-5-3-2-4-10(11)12/h2-5,9,13H,6-8H2,1H3/t9-/m0/s1. The number of likely N-dealkylation sites (N-methyl/N-ethyl adjacent to an activating group) is 1. The normalized spacial score (nSPS) is 21.0. The van der Waals surface area contributed by atoms with E-state index >= 15 is 0 Å². The summed E-state index contributed by atoms with van der Waals surface area (Å²) in [6, 6.07) is 6.96. The van der Waals surface area contributed by atoms with Crippen molar-refractivity contribution >= 4 is 26.0 Å². The molecular weight excluding hydrogens is 304 g/mol. The Morgan fingerprint density at radius 2 is 2.12 bits per heavy atom. The molecule has 1 aliphatic heterocycles. The van der Waals surface area contributed by atoms with Crippen LogP contribution in [0, 0.1) is 0 Å². The highest BCUT2D eigenvalue weighted by Crippen LogP contribution is 2.25. The molecule has 1 aromatic carbocycles. The highest BCUT2D eigenvalue weighted by molar-refractivity contribution is 9.10. The van der Waals surface area contributed by atoms with Crippen molar-refractivity contribution in [3.63, 3.8) is 0 Å². The van der Waals surface area contributed by atoms with E-state index in [4.69, 9.17) is 0 Å². The molecule has 0 aliphatic carbocycles. The lowest BCUT2D eigenvalue weighted by Gasteiger charge is -2.23. The Hall–Kier alpha value is -0.430. The molecule has 4 nitrogen and oxygen atoms in total. The van der Waals surface area contributed by atoms with E-state index in [2.05, 4.69) is 21.2 Å². The summed E-state index contributed by atoms with van der Waals surface area (Å²) in [5, 5.41) is 3.17. The quantitative estimate of drug-likeness (QED) is 0.917. The van der Waals surface area contributed by atoms with E-state index in [9.17, 15) is 8.42 Å². The van der Waals surface area contributed by atoms with Crippen molar-refractivity contribution in [1.82, 2.24) is 9.62 Å². The zero-order valence-electron chi connectivity index (χ0n) is 9.56. The first-order chi connectivity index (χ1) is 8.03. The van der Waals surface area contributed by atoms with Crippen molar-refractivity contribution < 1.29 is 8.42 Å². The van der Waals surface area contributed by atoms with Crippen LogP contribution in [-0.2, 0) is 10.0 Å². The van der Waals surface area contributed by atoms with E-state index in [1.807, 2.05) is 0 Å². The maximum absolute atomic E-state index is 12.4. The van der Waals surface area contributed by atoms with Gasteiger partial charge in [0.05, 0.1) is 4.90 Å². The van der Waals surface area contributed by atoms with E-state index in [0.29, 0.717) is 9.37 Å². The van der Waals surface area contributed by atoms with Gasteiger partial charge in [0, 0.05) is 24.1 Å². The number of benzene rings is 1. The van der Waals surface area contributed by atoms with Crippen LogP contribution in [0.3, 0.4) is 0 Å². The Labute approximate surface area is 110 Å². The largest absolute Gasteiger partial charge is 0.315 e. The lowest BCUT2D eigenvalue weighted by molar-refractivity contribution is 0.387. The molecule has 0 spiro atoms. The van der Waals surface area contributed by atoms with Crippen LogP contribution in [0.4, 0.5) is 0 Å². The summed E-state index contributed by atoms with van der Waals surface area (Å²) in [6.07, 6.45) is 0.861. The second kappa shape index (κ2) is 5.06. The van der Waals surface area contributed by atoms with Crippen LogP contribution in [0.25, 0.3) is 0 Å². The summed E-state index contributed by atoms with van der Waals surface area (Å²) < 4.78 is 26.9. The van der Waals surface area contributed by atoms with E-state index < -0.39 is 10.0 Å². The molecule has 0 unspecified atom stereocenters. The van der Waals surface area contributed by atoms with Crippen LogP contribution in [0.1, 0.15) is 6.42 Å². The molecule has 1 heterocycles. The van der Waals surface area contributed by atoms with Crippen molar-refractivity contribution in [2.45, 2.75) is 17.4 Å². The summed E-state index contributed by atoms with van der Waals surface area (Å²) in [7, 11) is -1.76. The van der Waals surface area contributed by atoms with Crippen LogP contribution in [0.2, 0.25) is 0 Å². The molecule has 0 saturated carbocycles. The molecule has 0 aromatic heterocycles. The van der Waals surface area contributed by atoms with E-state index in [0.717, 1.165) is 19.5 Å². The number of hydrogen-bond acceptors (Lipinski definition) is 3. The average Bonchev–Trinajstić information content (AvgIpc) is 2.81. The summed E-state index contributed by atoms with van der Waals surface area (Å²) in [5.74, 6) is 0. The molecule has 2 rings (SSSR count). The lowest BCUT2D eigenvalue weighted by atomic mass is 10.3. The molecule has 1 N–H and O–H groups in total. The van der Waals surface area contributed by atoms with Crippen LogP contribution in [0.15, 0.2) is 33.6 Å². The van der Waals surface area contributed by atoms with Gasteiger partial charge in [0.2, 0.25) is 10.0 Å². The average molecular weight is 319 g/mol. The van der Waals surface area contributed by atoms with Gasteiger partial charge in [-0.1, -0.05) is 12.1 Å². The molecule has 1 aromatic rings. The Balaban J connectivity index is 2.33. The molecule has 17 heavy (non-hydrogen) atoms. The minimum Gasteiger partial charge on any atom is -0.315 e. The van der Waals surface area contributed by atoms with E-state index in [-0.39, 0.29) is 6.04 Å². The predicted octanol–water partition coefficient (Wildman–Crippen LogP) is 1.43. The summed E-state index contributed by atoms with van der Waals surface area (Å²) in [5.41, 5.74) is 0. The summed E-state index contributed by atoms with van der Waals surface area (Å²) in [4.78, 5) is 0.328. The number of hydrogen-bond donors (Lipinski definition) is 1. The zero-order chi connectivity index (χ0) is 12.5. The second-order valence-electron chi connectivity index (χ2n) is 4.10. The van der Waals surface area contributed by atoms with Crippen molar-refractivity contribution in [3.05, 3.63) is 28.7 Å². The van der Waals surface area contributed by atoms with Gasteiger partial charge in [0.25, 0.3) is 0 Å². The Morgan fingerprint density at radius 3 is 2.71 bits per heavy atom. The van der Waals surface area contributed by atoms with Gasteiger partial charge in [-0.15, -0.1) is 0 Å². The molecule has 1 aliphatic rings. The maximum Gasteiger partial charge on any atom is 0.244 e. The minimum absolute atomic E-state index is 0.0482. The van der Waals surface area contributed by atoms with Crippen molar-refractivity contribution in [2.75, 3.05) is 20.1 Å². The van der Waals surface area contributed by atoms with Gasteiger partial charge in [-0.25, -0.2) is 8.42 Å². The van der Waals surface area contributed by atoms with E-state index in [1.165, 1.54) is 4.31 Å². The monoisotopic (exact) mass is 318 g/mol. The van der Waals surface area contributed by atoms with Crippen molar-refractivity contribution in [3.8, 4) is 0 Å². The summed E-state index contributed by atoms with van der Waals surface area (Å²) in [6.45, 7) is 1.60. The maximum atomic E-state index is 12.4. The second-order valence-corrected chi connectivity index (χ2v) is 6.92. The predicted molar refractivity (Wildman–Crippen MR) is 70.4 cm³/mol. The molecule has 1 atom stereocenters. The number of sulfonamides is 1. The van der Waals surface area contributed by atoms with Crippen LogP contribution in [-0.4, -0.2) is 38.9 Å². The molecule has 6 heteroatoms. The van der Waals surface area contributed by atoms with Crippen LogP contribution < -0.4 is 5.32 Å². The first-order valence-electron chi connectivity index (χ1n) is 5.47. The molecule has 1 fully saturated rings. The molecule has 0 radical (unpaired) electrons. The first-order valence-corrected chi connectivity index (χ1v) is 7.70. The topological polar surface area (TPSA) is 49.4 Å². The third kappa shape index (κ3) is 2.54. The number of nitrogens with zero attached hydrogens (tertiary/aromatic N) is 1. The van der Waals surface area contributed by atoms with Gasteiger partial charge >= 0.3 is 0 Å². The highest BCUT2D eigenvalue weighted by Gasteiger charge is 2.30.